The van der Waals surface area contributed by atoms with Gasteiger partial charge in [-0.3, -0.25) is 9.00 Å². The Morgan fingerprint density at radius 3 is 2.40 bits per heavy atom. The first-order chi connectivity index (χ1) is 14.2. The molecule has 8 heteroatoms. The van der Waals surface area contributed by atoms with E-state index < -0.39 is 16.7 Å². The van der Waals surface area contributed by atoms with Crippen LogP contribution in [0, 0.1) is 5.41 Å². The standard InChI is InChI=1S/C22H25N3O3S2/c1-22(2,3)21(26)24-18(13-15-9-11-17(12-10-15)25-30(27)28)20-23-19(14-29-20)16-7-5-4-6-8-16/h4-12,14,18,25H,13H2,1-3H3,(H,24,26)(H,27,28)/p-1/t18-/m0/s1. The summed E-state index contributed by atoms with van der Waals surface area (Å²) in [6, 6.07) is 16.7. The summed E-state index contributed by atoms with van der Waals surface area (Å²) in [5.41, 5.74) is 2.84. The molecule has 0 aliphatic heterocycles. The maximum absolute atomic E-state index is 12.7. The Morgan fingerprint density at radius 1 is 1.13 bits per heavy atom. The van der Waals surface area contributed by atoms with E-state index >= 15 is 0 Å². The van der Waals surface area contributed by atoms with Gasteiger partial charge in [0.1, 0.15) is 5.01 Å². The zero-order chi connectivity index (χ0) is 21.7. The van der Waals surface area contributed by atoms with Crippen LogP contribution in [0.4, 0.5) is 5.69 Å². The number of nitrogens with zero attached hydrogens (tertiary/aromatic N) is 1. The molecule has 0 aliphatic rings. The molecule has 2 aromatic carbocycles. The SMILES string of the molecule is CC(C)(C)C(=O)N[C@@H](Cc1ccc(NS(=O)[O-])cc1)c1nc(-c2ccccc2)cs1. The van der Waals surface area contributed by atoms with Crippen molar-refractivity contribution in [1.29, 1.82) is 0 Å². The van der Waals surface area contributed by atoms with Gasteiger partial charge in [0, 0.05) is 33.3 Å². The second-order valence-corrected chi connectivity index (χ2v) is 9.51. The Kier molecular flexibility index (Phi) is 7.02. The molecule has 0 bridgehead atoms. The van der Waals surface area contributed by atoms with Gasteiger partial charge in [0.25, 0.3) is 0 Å². The summed E-state index contributed by atoms with van der Waals surface area (Å²) >= 11 is -0.846. The number of aromatic nitrogens is 1. The predicted molar refractivity (Wildman–Crippen MR) is 121 cm³/mol. The normalized spacial score (nSPS) is 13.5. The van der Waals surface area contributed by atoms with E-state index in [-0.39, 0.29) is 11.9 Å². The molecule has 1 aromatic heterocycles. The molecule has 2 atom stereocenters. The third kappa shape index (κ3) is 5.98. The van der Waals surface area contributed by atoms with Gasteiger partial charge in [-0.25, -0.2) is 4.98 Å². The number of hydrogen-bond donors (Lipinski definition) is 2. The number of nitrogens with one attached hydrogen (secondary N) is 2. The second-order valence-electron chi connectivity index (χ2n) is 7.95. The highest BCUT2D eigenvalue weighted by Crippen LogP contribution is 2.29. The number of carbonyl (C=O) groups is 1. The fourth-order valence-electron chi connectivity index (χ4n) is 2.80. The molecule has 1 unspecified atom stereocenters. The fourth-order valence-corrected chi connectivity index (χ4v) is 4.01. The third-order valence-corrected chi connectivity index (χ3v) is 5.83. The first-order valence-corrected chi connectivity index (χ1v) is 11.4. The van der Waals surface area contributed by atoms with Gasteiger partial charge < -0.3 is 14.6 Å². The summed E-state index contributed by atoms with van der Waals surface area (Å²) in [7, 11) is 0. The average Bonchev–Trinajstić information content (AvgIpc) is 3.18. The van der Waals surface area contributed by atoms with Crippen LogP contribution in [-0.4, -0.2) is 19.7 Å². The van der Waals surface area contributed by atoms with Crippen molar-refractivity contribution in [2.75, 3.05) is 4.72 Å². The van der Waals surface area contributed by atoms with E-state index in [0.717, 1.165) is 21.8 Å². The van der Waals surface area contributed by atoms with E-state index in [4.69, 9.17) is 4.98 Å². The zero-order valence-corrected chi connectivity index (χ0v) is 18.7. The van der Waals surface area contributed by atoms with Crippen LogP contribution in [0.25, 0.3) is 11.3 Å². The van der Waals surface area contributed by atoms with Crippen LogP contribution in [-0.2, 0) is 22.5 Å². The van der Waals surface area contributed by atoms with Gasteiger partial charge in [0.2, 0.25) is 5.91 Å². The Morgan fingerprint density at radius 2 is 1.80 bits per heavy atom. The zero-order valence-electron chi connectivity index (χ0n) is 17.0. The minimum absolute atomic E-state index is 0.0519. The van der Waals surface area contributed by atoms with Gasteiger partial charge in [-0.05, 0) is 24.1 Å². The third-order valence-electron chi connectivity index (χ3n) is 4.47. The Labute approximate surface area is 183 Å². The lowest BCUT2D eigenvalue weighted by molar-refractivity contribution is -0.129. The van der Waals surface area contributed by atoms with Crippen LogP contribution in [0.1, 0.15) is 37.4 Å². The van der Waals surface area contributed by atoms with Crippen LogP contribution < -0.4 is 10.0 Å². The van der Waals surface area contributed by atoms with Gasteiger partial charge in [-0.2, -0.15) is 0 Å². The Balaban J connectivity index is 1.84. The Bertz CT molecular complexity index is 1010. The number of carbonyl (C=O) groups excluding carboxylic acids is 1. The average molecular weight is 443 g/mol. The number of hydrogen-bond acceptors (Lipinski definition) is 5. The quantitative estimate of drug-likeness (QED) is 0.528. The highest BCUT2D eigenvalue weighted by molar-refractivity contribution is 7.80. The molecule has 0 fully saturated rings. The summed E-state index contributed by atoms with van der Waals surface area (Å²) in [5, 5.41) is 5.95. The number of thiazole rings is 1. The first kappa shape index (κ1) is 22.1. The highest BCUT2D eigenvalue weighted by atomic mass is 32.2. The van der Waals surface area contributed by atoms with Crippen molar-refractivity contribution in [2.24, 2.45) is 5.41 Å². The predicted octanol–water partition coefficient (Wildman–Crippen LogP) is 4.46. The maximum atomic E-state index is 12.7. The molecular weight excluding hydrogens is 418 g/mol. The minimum Gasteiger partial charge on any atom is -0.755 e. The molecule has 0 saturated carbocycles. The number of amides is 1. The van der Waals surface area contributed by atoms with E-state index in [1.165, 1.54) is 11.3 Å². The van der Waals surface area contributed by atoms with Gasteiger partial charge in [0.15, 0.2) is 0 Å². The summed E-state index contributed by atoms with van der Waals surface area (Å²) in [5.74, 6) is -0.0519. The first-order valence-electron chi connectivity index (χ1n) is 9.49. The van der Waals surface area contributed by atoms with Crippen LogP contribution in [0.2, 0.25) is 0 Å². The molecule has 6 nitrogen and oxygen atoms in total. The summed E-state index contributed by atoms with van der Waals surface area (Å²) < 4.78 is 23.9. The van der Waals surface area contributed by atoms with Crippen LogP contribution >= 0.6 is 11.3 Å². The van der Waals surface area contributed by atoms with E-state index in [1.54, 1.807) is 12.1 Å². The number of rotatable bonds is 7. The molecule has 0 saturated heterocycles. The molecule has 3 rings (SSSR count). The van der Waals surface area contributed by atoms with Crippen LogP contribution in [0.5, 0.6) is 0 Å². The number of benzene rings is 2. The molecule has 0 aliphatic carbocycles. The molecule has 0 spiro atoms. The van der Waals surface area contributed by atoms with Crippen molar-refractivity contribution in [3.8, 4) is 11.3 Å². The van der Waals surface area contributed by atoms with E-state index in [9.17, 15) is 13.6 Å². The topological polar surface area (TPSA) is 94.2 Å². The van der Waals surface area contributed by atoms with Gasteiger partial charge >= 0.3 is 0 Å². The monoisotopic (exact) mass is 442 g/mol. The van der Waals surface area contributed by atoms with Gasteiger partial charge in [-0.1, -0.05) is 63.2 Å². The Hall–Kier alpha value is -2.55. The lowest BCUT2D eigenvalue weighted by atomic mass is 9.94. The van der Waals surface area contributed by atoms with Crippen molar-refractivity contribution >= 4 is 34.2 Å². The van der Waals surface area contributed by atoms with Crippen molar-refractivity contribution in [3.63, 3.8) is 0 Å². The molecule has 158 valence electrons. The van der Waals surface area contributed by atoms with Gasteiger partial charge in [0.05, 0.1) is 11.7 Å². The summed E-state index contributed by atoms with van der Waals surface area (Å²) in [4.78, 5) is 17.5. The highest BCUT2D eigenvalue weighted by Gasteiger charge is 2.26. The van der Waals surface area contributed by atoms with Crippen molar-refractivity contribution < 1.29 is 13.6 Å². The van der Waals surface area contributed by atoms with E-state index in [1.807, 2.05) is 68.6 Å². The maximum Gasteiger partial charge on any atom is 0.225 e. The summed E-state index contributed by atoms with van der Waals surface area (Å²) in [6.07, 6.45) is 0.546. The lowest BCUT2D eigenvalue weighted by Crippen LogP contribution is -2.38. The molecule has 1 amide bonds. The second kappa shape index (κ2) is 9.51. The van der Waals surface area contributed by atoms with Crippen molar-refractivity contribution in [2.45, 2.75) is 33.2 Å². The minimum atomic E-state index is -2.36. The van der Waals surface area contributed by atoms with Crippen molar-refractivity contribution in [3.05, 3.63) is 70.5 Å². The van der Waals surface area contributed by atoms with Gasteiger partial charge in [-0.15, -0.1) is 11.3 Å². The molecule has 30 heavy (non-hydrogen) atoms. The molecule has 0 radical (unpaired) electrons. The van der Waals surface area contributed by atoms with E-state index in [2.05, 4.69) is 10.0 Å². The molecule has 1 heterocycles. The molecular formula is C22H24N3O3S2-. The fraction of sp³-hybridized carbons (Fsp3) is 0.273. The largest absolute Gasteiger partial charge is 0.755 e. The molecule has 3 aromatic rings. The molecule has 2 N–H and O–H groups in total. The van der Waals surface area contributed by atoms with E-state index in [0.29, 0.717) is 12.1 Å². The van der Waals surface area contributed by atoms with Crippen molar-refractivity contribution in [1.82, 2.24) is 10.3 Å². The van der Waals surface area contributed by atoms with Crippen LogP contribution in [0.3, 0.4) is 0 Å². The number of anilines is 1. The van der Waals surface area contributed by atoms with Crippen LogP contribution in [0.15, 0.2) is 60.0 Å². The summed E-state index contributed by atoms with van der Waals surface area (Å²) in [6.45, 7) is 5.63. The lowest BCUT2D eigenvalue weighted by Gasteiger charge is -2.23. The smallest absolute Gasteiger partial charge is 0.225 e.